The number of rotatable bonds is 7. The summed E-state index contributed by atoms with van der Waals surface area (Å²) >= 11 is 0. The number of methoxy groups -OCH3 is 2. The van der Waals surface area contributed by atoms with E-state index < -0.39 is 0 Å². The van der Waals surface area contributed by atoms with Crippen LogP contribution in [0.4, 0.5) is 0 Å². The Morgan fingerprint density at radius 1 is 1.26 bits per heavy atom. The van der Waals surface area contributed by atoms with Crippen LogP contribution in [0.15, 0.2) is 17.7 Å². The molecule has 126 valence electrons. The molecule has 0 saturated carbocycles. The molecular weight excluding hydrogens is 300 g/mol. The quantitative estimate of drug-likeness (QED) is 0.437. The van der Waals surface area contributed by atoms with Gasteiger partial charge < -0.3 is 23.7 Å². The molecule has 0 fully saturated rings. The molecule has 1 aromatic carbocycles. The summed E-state index contributed by atoms with van der Waals surface area (Å²) in [6, 6.07) is 1.88. The molecule has 1 aliphatic heterocycles. The summed E-state index contributed by atoms with van der Waals surface area (Å²) in [6.45, 7) is 4.04. The third kappa shape index (κ3) is 3.70. The Hall–Kier alpha value is -2.37. The molecule has 1 aromatic rings. The van der Waals surface area contributed by atoms with Crippen molar-refractivity contribution in [2.45, 2.75) is 26.7 Å². The first kappa shape index (κ1) is 17.0. The van der Waals surface area contributed by atoms with E-state index in [0.717, 1.165) is 5.56 Å². The first-order valence-corrected chi connectivity index (χ1v) is 7.45. The minimum absolute atomic E-state index is 0.165. The van der Waals surface area contributed by atoms with Crippen LogP contribution < -0.4 is 18.9 Å². The average Bonchev–Trinajstić information content (AvgIpc) is 3.04. The number of carbonyl (C=O) groups excluding carboxylic acids is 1. The predicted octanol–water partition coefficient (Wildman–Crippen LogP) is 2.87. The van der Waals surface area contributed by atoms with Crippen molar-refractivity contribution in [3.8, 4) is 23.0 Å². The second-order valence-electron chi connectivity index (χ2n) is 5.05. The van der Waals surface area contributed by atoms with Crippen LogP contribution in [0, 0.1) is 0 Å². The Bertz CT molecular complexity index is 606. The molecule has 23 heavy (non-hydrogen) atoms. The van der Waals surface area contributed by atoms with E-state index in [9.17, 15) is 4.79 Å². The average molecular weight is 322 g/mol. The van der Waals surface area contributed by atoms with Gasteiger partial charge in [-0.05, 0) is 32.8 Å². The molecule has 0 unspecified atom stereocenters. The fourth-order valence-corrected chi connectivity index (χ4v) is 2.30. The smallest absolute Gasteiger partial charge is 0.333 e. The molecule has 0 saturated heterocycles. The normalized spacial score (nSPS) is 13.0. The highest BCUT2D eigenvalue weighted by atomic mass is 16.7. The molecule has 1 aliphatic rings. The summed E-state index contributed by atoms with van der Waals surface area (Å²) in [7, 11) is 3.14. The second-order valence-corrected chi connectivity index (χ2v) is 5.05. The lowest BCUT2D eigenvalue weighted by Gasteiger charge is -2.15. The number of aryl methyl sites for hydroxylation is 1. The van der Waals surface area contributed by atoms with E-state index in [4.69, 9.17) is 23.7 Å². The summed E-state index contributed by atoms with van der Waals surface area (Å²) < 4.78 is 26.9. The van der Waals surface area contributed by atoms with Crippen LogP contribution in [0.5, 0.6) is 23.0 Å². The maximum atomic E-state index is 11.6. The predicted molar refractivity (Wildman–Crippen MR) is 84.4 cm³/mol. The molecule has 6 nitrogen and oxygen atoms in total. The third-order valence-corrected chi connectivity index (χ3v) is 3.64. The van der Waals surface area contributed by atoms with E-state index in [1.165, 1.54) is 0 Å². The van der Waals surface area contributed by atoms with Crippen molar-refractivity contribution in [1.29, 1.82) is 0 Å². The highest BCUT2D eigenvalue weighted by Gasteiger charge is 2.25. The Labute approximate surface area is 135 Å². The van der Waals surface area contributed by atoms with Crippen molar-refractivity contribution < 1.29 is 28.5 Å². The Kier molecular flexibility index (Phi) is 5.73. The highest BCUT2D eigenvalue weighted by molar-refractivity contribution is 5.87. The van der Waals surface area contributed by atoms with Crippen LogP contribution in [0.25, 0.3) is 0 Å². The summed E-state index contributed by atoms with van der Waals surface area (Å²) in [5.41, 5.74) is 1.53. The lowest BCUT2D eigenvalue weighted by Crippen LogP contribution is -2.08. The van der Waals surface area contributed by atoms with Crippen LogP contribution in [-0.4, -0.2) is 33.6 Å². The number of hydrogen-bond acceptors (Lipinski definition) is 6. The number of fused-ring (bicyclic) bond motifs is 1. The molecule has 2 rings (SSSR count). The zero-order valence-electron chi connectivity index (χ0n) is 13.9. The molecule has 0 N–H and O–H groups in total. The van der Waals surface area contributed by atoms with Gasteiger partial charge in [0.1, 0.15) is 0 Å². The van der Waals surface area contributed by atoms with Gasteiger partial charge in [0.15, 0.2) is 11.5 Å². The first-order valence-electron chi connectivity index (χ1n) is 7.45. The maximum absolute atomic E-state index is 11.6. The van der Waals surface area contributed by atoms with Gasteiger partial charge in [-0.25, -0.2) is 4.79 Å². The topological polar surface area (TPSA) is 63.2 Å². The molecule has 0 atom stereocenters. The van der Waals surface area contributed by atoms with E-state index in [2.05, 4.69) is 0 Å². The van der Waals surface area contributed by atoms with Crippen LogP contribution in [0.1, 0.15) is 25.8 Å². The first-order chi connectivity index (χ1) is 11.1. The zero-order valence-corrected chi connectivity index (χ0v) is 13.9. The molecule has 0 spiro atoms. The van der Waals surface area contributed by atoms with Crippen LogP contribution in [-0.2, 0) is 16.0 Å². The number of hydrogen-bond donors (Lipinski definition) is 0. The maximum Gasteiger partial charge on any atom is 0.333 e. The van der Waals surface area contributed by atoms with Gasteiger partial charge in [0.2, 0.25) is 18.3 Å². The standard InChI is InChI=1S/C17H22O6/c1-5-11(2)17(18)21-8-6-7-12-9-13-15(23-10-22-13)16(20-4)14(12)19-3/h5,9H,6-8,10H2,1-4H3/b11-5+. The summed E-state index contributed by atoms with van der Waals surface area (Å²) in [6.07, 6.45) is 3.06. The Morgan fingerprint density at radius 2 is 2.00 bits per heavy atom. The second kappa shape index (κ2) is 7.76. The molecule has 0 amide bonds. The van der Waals surface area contributed by atoms with Crippen molar-refractivity contribution in [3.05, 3.63) is 23.3 Å². The van der Waals surface area contributed by atoms with Crippen molar-refractivity contribution in [1.82, 2.24) is 0 Å². The molecule has 6 heteroatoms. The van der Waals surface area contributed by atoms with Crippen LogP contribution in [0.3, 0.4) is 0 Å². The molecule has 0 bridgehead atoms. The lowest BCUT2D eigenvalue weighted by atomic mass is 10.1. The van der Waals surface area contributed by atoms with Crippen molar-refractivity contribution in [2.24, 2.45) is 0 Å². The van der Waals surface area contributed by atoms with Gasteiger partial charge in [0.05, 0.1) is 20.8 Å². The third-order valence-electron chi connectivity index (χ3n) is 3.64. The largest absolute Gasteiger partial charge is 0.492 e. The number of carbonyl (C=O) groups is 1. The highest BCUT2D eigenvalue weighted by Crippen LogP contribution is 2.49. The minimum atomic E-state index is -0.289. The summed E-state index contributed by atoms with van der Waals surface area (Å²) in [5.74, 6) is 2.05. The SMILES string of the molecule is C/C=C(\C)C(=O)OCCCc1cc2c(c(OC)c1OC)OCO2. The number of ether oxygens (including phenoxy) is 5. The fourth-order valence-electron chi connectivity index (χ4n) is 2.30. The summed E-state index contributed by atoms with van der Waals surface area (Å²) in [5, 5.41) is 0. The van der Waals surface area contributed by atoms with Gasteiger partial charge in [-0.3, -0.25) is 0 Å². The van der Waals surface area contributed by atoms with Gasteiger partial charge in [-0.2, -0.15) is 0 Å². The minimum Gasteiger partial charge on any atom is -0.492 e. The number of allylic oxidation sites excluding steroid dienone is 1. The van der Waals surface area contributed by atoms with E-state index in [1.807, 2.05) is 6.07 Å². The number of esters is 1. The molecule has 0 radical (unpaired) electrons. The van der Waals surface area contributed by atoms with Crippen molar-refractivity contribution in [3.63, 3.8) is 0 Å². The number of benzene rings is 1. The van der Waals surface area contributed by atoms with Crippen molar-refractivity contribution in [2.75, 3.05) is 27.6 Å². The monoisotopic (exact) mass is 322 g/mol. The Balaban J connectivity index is 2.04. The van der Waals surface area contributed by atoms with Gasteiger partial charge in [0.25, 0.3) is 0 Å². The van der Waals surface area contributed by atoms with E-state index >= 15 is 0 Å². The van der Waals surface area contributed by atoms with Gasteiger partial charge in [0, 0.05) is 11.1 Å². The molecule has 0 aliphatic carbocycles. The zero-order chi connectivity index (χ0) is 16.8. The van der Waals surface area contributed by atoms with Crippen molar-refractivity contribution >= 4 is 5.97 Å². The Morgan fingerprint density at radius 3 is 2.65 bits per heavy atom. The van der Waals surface area contributed by atoms with E-state index in [-0.39, 0.29) is 12.8 Å². The van der Waals surface area contributed by atoms with Crippen LogP contribution >= 0.6 is 0 Å². The van der Waals surface area contributed by atoms with E-state index in [1.54, 1.807) is 34.1 Å². The van der Waals surface area contributed by atoms with Gasteiger partial charge >= 0.3 is 5.97 Å². The molecule has 1 heterocycles. The van der Waals surface area contributed by atoms with Gasteiger partial charge in [-0.15, -0.1) is 0 Å². The molecule has 0 aromatic heterocycles. The molecular formula is C17H22O6. The van der Waals surface area contributed by atoms with E-state index in [0.29, 0.717) is 48.0 Å². The van der Waals surface area contributed by atoms with Crippen LogP contribution in [0.2, 0.25) is 0 Å². The lowest BCUT2D eigenvalue weighted by molar-refractivity contribution is -0.139. The summed E-state index contributed by atoms with van der Waals surface area (Å²) in [4.78, 5) is 11.6. The fraction of sp³-hybridized carbons (Fsp3) is 0.471. The van der Waals surface area contributed by atoms with Gasteiger partial charge in [-0.1, -0.05) is 6.08 Å².